The van der Waals surface area contributed by atoms with E-state index in [0.717, 1.165) is 6.20 Å². The number of carbonyl (C=O) groups excluding carboxylic acids is 2. The van der Waals surface area contributed by atoms with Crippen molar-refractivity contribution in [1.29, 1.82) is 0 Å². The molecule has 0 aliphatic carbocycles. The van der Waals surface area contributed by atoms with Gasteiger partial charge >= 0.3 is 6.18 Å². The predicted molar refractivity (Wildman–Crippen MR) is 111 cm³/mol. The first-order valence-electron chi connectivity index (χ1n) is 9.86. The van der Waals surface area contributed by atoms with Gasteiger partial charge in [0.2, 0.25) is 5.91 Å². The van der Waals surface area contributed by atoms with Gasteiger partial charge in [-0.25, -0.2) is 0 Å². The number of primary amides is 1. The molecule has 1 atom stereocenters. The molecule has 1 aromatic carbocycles. The van der Waals surface area contributed by atoms with Gasteiger partial charge in [-0.15, -0.1) is 0 Å². The number of aromatic nitrogens is 3. The van der Waals surface area contributed by atoms with Crippen LogP contribution in [0.5, 0.6) is 5.75 Å². The van der Waals surface area contributed by atoms with E-state index in [0.29, 0.717) is 10.9 Å². The number of pyridine rings is 1. The lowest BCUT2D eigenvalue weighted by Gasteiger charge is -2.28. The van der Waals surface area contributed by atoms with Crippen LogP contribution in [0.15, 0.2) is 36.5 Å². The van der Waals surface area contributed by atoms with Gasteiger partial charge in [0.1, 0.15) is 23.6 Å². The van der Waals surface area contributed by atoms with E-state index in [1.165, 1.54) is 36.0 Å². The number of ether oxygens (including phenoxy) is 1. The van der Waals surface area contributed by atoms with Crippen molar-refractivity contribution in [1.82, 2.24) is 20.1 Å². The summed E-state index contributed by atoms with van der Waals surface area (Å²) in [5.41, 5.74) is 2.99. The summed E-state index contributed by atoms with van der Waals surface area (Å²) >= 11 is 0. The Hall–Kier alpha value is -3.67. The van der Waals surface area contributed by atoms with E-state index in [4.69, 9.17) is 10.5 Å². The fourth-order valence-corrected chi connectivity index (χ4v) is 3.34. The normalized spacial score (nSPS) is 13.5. The number of carbonyl (C=O) groups is 2. The molecule has 0 spiro atoms. The van der Waals surface area contributed by atoms with Gasteiger partial charge < -0.3 is 20.9 Å². The highest BCUT2D eigenvalue weighted by molar-refractivity contribution is 6.07. The minimum Gasteiger partial charge on any atom is -0.489 e. The molecule has 0 saturated carbocycles. The molecule has 0 radical (unpaired) electrons. The number of hydrogen-bond acceptors (Lipinski definition) is 6. The van der Waals surface area contributed by atoms with Crippen molar-refractivity contribution in [3.05, 3.63) is 53.5 Å². The van der Waals surface area contributed by atoms with E-state index in [-0.39, 0.29) is 23.4 Å². The number of aliphatic hydroxyl groups is 1. The molecule has 176 valence electrons. The van der Waals surface area contributed by atoms with E-state index < -0.39 is 42.4 Å². The number of alkyl halides is 3. The molecule has 2 aromatic heterocycles. The Labute approximate surface area is 186 Å². The first-order chi connectivity index (χ1) is 15.5. The Morgan fingerprint density at radius 1 is 1.27 bits per heavy atom. The van der Waals surface area contributed by atoms with Crippen LogP contribution in [0.1, 0.15) is 35.1 Å². The molecule has 9 nitrogen and oxygen atoms in total. The molecular weight excluding hydrogens is 443 g/mol. The topological polar surface area (TPSA) is 132 Å². The predicted octanol–water partition coefficient (Wildman–Crippen LogP) is 1.92. The number of hydrogen-bond donors (Lipinski definition) is 3. The first-order valence-corrected chi connectivity index (χ1v) is 9.86. The first kappa shape index (κ1) is 24.0. The zero-order chi connectivity index (χ0) is 24.4. The van der Waals surface area contributed by atoms with Crippen LogP contribution < -0.4 is 15.8 Å². The highest BCUT2D eigenvalue weighted by Gasteiger charge is 2.37. The van der Waals surface area contributed by atoms with Crippen LogP contribution in [-0.4, -0.2) is 43.8 Å². The zero-order valence-electron chi connectivity index (χ0n) is 17.8. The second-order valence-electron chi connectivity index (χ2n) is 7.36. The second-order valence-corrected chi connectivity index (χ2v) is 7.36. The van der Waals surface area contributed by atoms with Gasteiger partial charge in [-0.05, 0) is 30.7 Å². The average molecular weight is 465 g/mol. The summed E-state index contributed by atoms with van der Waals surface area (Å²) in [6.07, 6.45) is -3.52. The van der Waals surface area contributed by atoms with Crippen LogP contribution in [0.25, 0.3) is 10.9 Å². The summed E-state index contributed by atoms with van der Waals surface area (Å²) in [7, 11) is 1.51. The smallest absolute Gasteiger partial charge is 0.433 e. The van der Waals surface area contributed by atoms with Gasteiger partial charge in [0.05, 0.1) is 12.1 Å². The lowest BCUT2D eigenvalue weighted by Crippen LogP contribution is -2.59. The van der Waals surface area contributed by atoms with Gasteiger partial charge in [0.15, 0.2) is 5.69 Å². The standard InChI is InChI=1S/C21H22F3N5O4/c1-3-20(11-30,19(25)32)27-18(31)16-14-9-13(6-7-15(14)28-29(16)2)33-10-12-5-4-8-26-17(12)21(22,23)24/h4-9,30H,3,10-11H2,1-2H3,(H2,25,32)(H,27,31). The van der Waals surface area contributed by atoms with Crippen molar-refractivity contribution in [3.63, 3.8) is 0 Å². The van der Waals surface area contributed by atoms with E-state index in [1.54, 1.807) is 13.0 Å². The number of aliphatic hydroxyl groups excluding tert-OH is 1. The fourth-order valence-electron chi connectivity index (χ4n) is 3.34. The molecule has 0 saturated heterocycles. The van der Waals surface area contributed by atoms with Crippen molar-refractivity contribution < 1.29 is 32.6 Å². The molecule has 2 heterocycles. The number of nitrogens with zero attached hydrogens (tertiary/aromatic N) is 3. The van der Waals surface area contributed by atoms with Crippen molar-refractivity contribution in [2.75, 3.05) is 6.61 Å². The summed E-state index contributed by atoms with van der Waals surface area (Å²) < 4.78 is 46.3. The third-order valence-electron chi connectivity index (χ3n) is 5.27. The Morgan fingerprint density at radius 3 is 2.61 bits per heavy atom. The molecule has 1 unspecified atom stereocenters. The molecule has 0 fully saturated rings. The molecule has 3 aromatic rings. The van der Waals surface area contributed by atoms with Crippen LogP contribution in [0.4, 0.5) is 13.2 Å². The van der Waals surface area contributed by atoms with E-state index in [2.05, 4.69) is 15.4 Å². The number of aryl methyl sites for hydroxylation is 1. The van der Waals surface area contributed by atoms with E-state index in [9.17, 15) is 27.9 Å². The lowest BCUT2D eigenvalue weighted by atomic mass is 9.96. The average Bonchev–Trinajstić information content (AvgIpc) is 3.10. The molecule has 33 heavy (non-hydrogen) atoms. The Morgan fingerprint density at radius 2 is 2.00 bits per heavy atom. The van der Waals surface area contributed by atoms with Crippen LogP contribution in [0, 0.1) is 0 Å². The summed E-state index contributed by atoms with van der Waals surface area (Å²) in [5, 5.41) is 16.7. The molecule has 0 bridgehead atoms. The molecule has 12 heteroatoms. The van der Waals surface area contributed by atoms with Gasteiger partial charge in [-0.2, -0.15) is 18.3 Å². The summed E-state index contributed by atoms with van der Waals surface area (Å²) in [6, 6.07) is 7.15. The SMILES string of the molecule is CCC(CO)(NC(=O)c1c2cc(OCc3cccnc3C(F)(F)F)ccc2nn1C)C(N)=O. The van der Waals surface area contributed by atoms with Gasteiger partial charge in [0, 0.05) is 24.2 Å². The van der Waals surface area contributed by atoms with Gasteiger partial charge in [-0.1, -0.05) is 13.0 Å². The van der Waals surface area contributed by atoms with Crippen molar-refractivity contribution >= 4 is 22.7 Å². The van der Waals surface area contributed by atoms with Crippen LogP contribution >= 0.6 is 0 Å². The van der Waals surface area contributed by atoms with Gasteiger partial charge in [0.25, 0.3) is 5.91 Å². The number of amides is 2. The largest absolute Gasteiger partial charge is 0.489 e. The minimum atomic E-state index is -4.63. The highest BCUT2D eigenvalue weighted by atomic mass is 19.4. The molecule has 4 N–H and O–H groups in total. The summed E-state index contributed by atoms with van der Waals surface area (Å²) in [6.45, 7) is 0.491. The second kappa shape index (κ2) is 9.06. The van der Waals surface area contributed by atoms with Crippen molar-refractivity contribution in [2.24, 2.45) is 12.8 Å². The maximum Gasteiger partial charge on any atom is 0.433 e. The number of nitrogens with two attached hydrogens (primary N) is 1. The fraction of sp³-hybridized carbons (Fsp3) is 0.333. The molecule has 2 amide bonds. The number of rotatable bonds is 8. The minimum absolute atomic E-state index is 0.0559. The Kier molecular flexibility index (Phi) is 6.58. The maximum atomic E-state index is 13.2. The third kappa shape index (κ3) is 4.75. The quantitative estimate of drug-likeness (QED) is 0.466. The number of benzene rings is 1. The molecule has 0 aliphatic rings. The Bertz CT molecular complexity index is 1190. The lowest BCUT2D eigenvalue weighted by molar-refractivity contribution is -0.142. The molecule has 3 rings (SSSR count). The van der Waals surface area contributed by atoms with Crippen molar-refractivity contribution in [3.8, 4) is 5.75 Å². The van der Waals surface area contributed by atoms with Crippen LogP contribution in [0.2, 0.25) is 0 Å². The number of nitrogens with one attached hydrogen (secondary N) is 1. The summed E-state index contributed by atoms with van der Waals surface area (Å²) in [5.74, 6) is -1.41. The Balaban J connectivity index is 1.91. The van der Waals surface area contributed by atoms with E-state index >= 15 is 0 Å². The van der Waals surface area contributed by atoms with Crippen LogP contribution in [-0.2, 0) is 24.6 Å². The van der Waals surface area contributed by atoms with Gasteiger partial charge in [-0.3, -0.25) is 19.3 Å². The van der Waals surface area contributed by atoms with E-state index in [1.807, 2.05) is 0 Å². The van der Waals surface area contributed by atoms with Crippen molar-refractivity contribution in [2.45, 2.75) is 31.7 Å². The third-order valence-corrected chi connectivity index (χ3v) is 5.27. The van der Waals surface area contributed by atoms with Crippen LogP contribution in [0.3, 0.4) is 0 Å². The summed E-state index contributed by atoms with van der Waals surface area (Å²) in [4.78, 5) is 28.2. The molecule has 0 aliphatic heterocycles. The monoisotopic (exact) mass is 465 g/mol. The highest BCUT2D eigenvalue weighted by Crippen LogP contribution is 2.31. The molecular formula is C21H22F3N5O4. The number of fused-ring (bicyclic) bond motifs is 1. The maximum absolute atomic E-state index is 13.2. The zero-order valence-corrected chi connectivity index (χ0v) is 17.8. The number of halogens is 3.